The van der Waals surface area contributed by atoms with E-state index >= 15 is 0 Å². The first kappa shape index (κ1) is 12.7. The molecule has 0 radical (unpaired) electrons. The molecule has 2 aromatic rings. The first-order chi connectivity index (χ1) is 9.10. The molecule has 0 atom stereocenters. The molecule has 0 bridgehead atoms. The molecule has 0 saturated heterocycles. The number of hydrogen-bond acceptors (Lipinski definition) is 6. The van der Waals surface area contributed by atoms with Crippen LogP contribution in [0.4, 0.5) is 17.2 Å². The summed E-state index contributed by atoms with van der Waals surface area (Å²) in [5, 5.41) is 20.2. The van der Waals surface area contributed by atoms with Gasteiger partial charge in [0.05, 0.1) is 24.3 Å². The van der Waals surface area contributed by atoms with Gasteiger partial charge in [0.15, 0.2) is 0 Å². The zero-order valence-electron chi connectivity index (χ0n) is 10.2. The number of aromatic nitrogens is 2. The topological polar surface area (TPSA) is 119 Å². The predicted octanol–water partition coefficient (Wildman–Crippen LogP) is 1.52. The Morgan fingerprint density at radius 1 is 1.53 bits per heavy atom. The lowest BCUT2D eigenvalue weighted by Gasteiger charge is -2.07. The number of ether oxygens (including phenoxy) is 1. The highest BCUT2D eigenvalue weighted by Gasteiger charge is 2.10. The molecule has 0 amide bonds. The van der Waals surface area contributed by atoms with Crippen LogP contribution in [0.5, 0.6) is 5.75 Å². The molecular weight excluding hydrogens is 250 g/mol. The third kappa shape index (κ3) is 2.92. The number of nitrogens with one attached hydrogen (secondary N) is 2. The van der Waals surface area contributed by atoms with Gasteiger partial charge in [0.2, 0.25) is 0 Å². The summed E-state index contributed by atoms with van der Waals surface area (Å²) in [6.07, 6.45) is 1.59. The normalized spacial score (nSPS) is 10.2. The Balaban J connectivity index is 2.17. The summed E-state index contributed by atoms with van der Waals surface area (Å²) in [6, 6.07) is 4.46. The Morgan fingerprint density at radius 2 is 2.32 bits per heavy atom. The smallest absolute Gasteiger partial charge is 0.275 e. The van der Waals surface area contributed by atoms with Crippen LogP contribution in [-0.4, -0.2) is 22.2 Å². The second-order valence-corrected chi connectivity index (χ2v) is 3.84. The van der Waals surface area contributed by atoms with E-state index in [1.165, 1.54) is 19.2 Å². The molecule has 0 spiro atoms. The van der Waals surface area contributed by atoms with Crippen molar-refractivity contribution >= 4 is 17.2 Å². The van der Waals surface area contributed by atoms with Crippen molar-refractivity contribution < 1.29 is 9.66 Å². The summed E-state index contributed by atoms with van der Waals surface area (Å²) < 4.78 is 5.02. The van der Waals surface area contributed by atoms with Gasteiger partial charge in [-0.05, 0) is 0 Å². The van der Waals surface area contributed by atoms with Gasteiger partial charge in [-0.25, -0.2) is 0 Å². The van der Waals surface area contributed by atoms with Crippen LogP contribution >= 0.6 is 0 Å². The van der Waals surface area contributed by atoms with Crippen molar-refractivity contribution in [1.82, 2.24) is 10.2 Å². The van der Waals surface area contributed by atoms with Crippen molar-refractivity contribution in [2.24, 2.45) is 0 Å². The Morgan fingerprint density at radius 3 is 2.89 bits per heavy atom. The fourth-order valence-corrected chi connectivity index (χ4v) is 1.57. The van der Waals surface area contributed by atoms with Crippen LogP contribution in [0.2, 0.25) is 0 Å². The van der Waals surface area contributed by atoms with E-state index in [0.29, 0.717) is 23.8 Å². The number of nitrogens with two attached hydrogens (primary N) is 1. The van der Waals surface area contributed by atoms with Crippen LogP contribution in [0, 0.1) is 10.1 Å². The number of nitro benzene ring substituents is 1. The van der Waals surface area contributed by atoms with Gasteiger partial charge in [0.1, 0.15) is 11.6 Å². The molecule has 19 heavy (non-hydrogen) atoms. The highest BCUT2D eigenvalue weighted by Crippen LogP contribution is 2.26. The predicted molar refractivity (Wildman–Crippen MR) is 70.0 cm³/mol. The molecule has 0 saturated carbocycles. The molecule has 8 nitrogen and oxygen atoms in total. The third-order valence-electron chi connectivity index (χ3n) is 2.57. The molecule has 0 aliphatic carbocycles. The molecule has 1 heterocycles. The number of methoxy groups -OCH3 is 1. The van der Waals surface area contributed by atoms with Crippen LogP contribution in [-0.2, 0) is 6.54 Å². The van der Waals surface area contributed by atoms with Crippen molar-refractivity contribution in [2.45, 2.75) is 6.54 Å². The van der Waals surface area contributed by atoms with Gasteiger partial charge in [0.25, 0.3) is 5.69 Å². The van der Waals surface area contributed by atoms with Crippen molar-refractivity contribution in [3.63, 3.8) is 0 Å². The second-order valence-electron chi connectivity index (χ2n) is 3.84. The summed E-state index contributed by atoms with van der Waals surface area (Å²) in [4.78, 5) is 10.3. The number of non-ortho nitro benzene ring substituents is 1. The maximum absolute atomic E-state index is 10.8. The van der Waals surface area contributed by atoms with Gasteiger partial charge in [-0.2, -0.15) is 5.10 Å². The van der Waals surface area contributed by atoms with Crippen LogP contribution < -0.4 is 15.8 Å². The van der Waals surface area contributed by atoms with Gasteiger partial charge in [-0.15, -0.1) is 0 Å². The molecule has 100 valence electrons. The maximum Gasteiger partial charge on any atom is 0.275 e. The molecular formula is C11H13N5O3. The van der Waals surface area contributed by atoms with Gasteiger partial charge < -0.3 is 15.8 Å². The Kier molecular flexibility index (Phi) is 3.51. The number of hydrogen-bond donors (Lipinski definition) is 3. The molecule has 0 fully saturated rings. The summed E-state index contributed by atoms with van der Waals surface area (Å²) in [5.41, 5.74) is 6.97. The van der Waals surface area contributed by atoms with Crippen LogP contribution in [0.3, 0.4) is 0 Å². The number of anilines is 2. The first-order valence-electron chi connectivity index (χ1n) is 5.45. The van der Waals surface area contributed by atoms with E-state index < -0.39 is 4.92 Å². The quantitative estimate of drug-likeness (QED) is 0.555. The number of nitro groups is 1. The number of H-pyrrole nitrogens is 1. The highest BCUT2D eigenvalue weighted by molar-refractivity contribution is 5.57. The van der Waals surface area contributed by atoms with E-state index in [-0.39, 0.29) is 5.69 Å². The van der Waals surface area contributed by atoms with E-state index in [4.69, 9.17) is 10.5 Å². The first-order valence-corrected chi connectivity index (χ1v) is 5.45. The summed E-state index contributed by atoms with van der Waals surface area (Å²) in [6.45, 7) is 0.409. The second kappa shape index (κ2) is 5.25. The average molecular weight is 263 g/mol. The minimum absolute atomic E-state index is 0.0398. The lowest BCUT2D eigenvalue weighted by Crippen LogP contribution is -2.02. The van der Waals surface area contributed by atoms with Gasteiger partial charge in [-0.3, -0.25) is 15.2 Å². The summed E-state index contributed by atoms with van der Waals surface area (Å²) in [7, 11) is 1.46. The van der Waals surface area contributed by atoms with E-state index in [0.717, 1.165) is 5.56 Å². The lowest BCUT2D eigenvalue weighted by molar-refractivity contribution is -0.384. The molecule has 0 aliphatic rings. The molecule has 1 aromatic carbocycles. The third-order valence-corrected chi connectivity index (χ3v) is 2.57. The minimum Gasteiger partial charge on any atom is -0.496 e. The van der Waals surface area contributed by atoms with E-state index in [1.54, 1.807) is 12.3 Å². The molecule has 4 N–H and O–H groups in total. The van der Waals surface area contributed by atoms with Crippen molar-refractivity contribution in [1.29, 1.82) is 0 Å². The molecule has 2 rings (SSSR count). The largest absolute Gasteiger partial charge is 0.496 e. The van der Waals surface area contributed by atoms with E-state index in [2.05, 4.69) is 15.5 Å². The Hall–Kier alpha value is -2.77. The van der Waals surface area contributed by atoms with Gasteiger partial charge in [0, 0.05) is 29.9 Å². The van der Waals surface area contributed by atoms with Crippen molar-refractivity contribution in [3.05, 3.63) is 40.1 Å². The minimum atomic E-state index is -0.472. The number of aromatic amines is 1. The zero-order chi connectivity index (χ0) is 13.8. The lowest BCUT2D eigenvalue weighted by atomic mass is 10.2. The molecule has 1 aromatic heterocycles. The molecule has 0 unspecified atom stereocenters. The van der Waals surface area contributed by atoms with Crippen molar-refractivity contribution in [2.75, 3.05) is 18.2 Å². The zero-order valence-corrected chi connectivity index (χ0v) is 10.2. The molecule has 8 heteroatoms. The number of rotatable bonds is 5. The van der Waals surface area contributed by atoms with Gasteiger partial charge in [-0.1, -0.05) is 0 Å². The summed E-state index contributed by atoms with van der Waals surface area (Å²) >= 11 is 0. The Bertz CT molecular complexity index is 596. The number of nitrogen functional groups attached to an aromatic ring is 1. The molecule has 0 aliphatic heterocycles. The number of benzene rings is 1. The Labute approximate surface area is 108 Å². The maximum atomic E-state index is 10.8. The van der Waals surface area contributed by atoms with Crippen LogP contribution in [0.15, 0.2) is 24.4 Å². The van der Waals surface area contributed by atoms with Gasteiger partial charge >= 0.3 is 0 Å². The van der Waals surface area contributed by atoms with Crippen LogP contribution in [0.1, 0.15) is 5.56 Å². The average Bonchev–Trinajstić information content (AvgIpc) is 2.81. The fraction of sp³-hybridized carbons (Fsp3) is 0.182. The standard InChI is InChI=1S/C11H13N5O3/c1-19-10-3-8(2-9(4-10)16(17)18)13-5-7-6-14-15-11(7)12/h2-4,6,13H,5H2,1H3,(H3,12,14,15). The highest BCUT2D eigenvalue weighted by atomic mass is 16.6. The number of nitrogens with zero attached hydrogens (tertiary/aromatic N) is 2. The monoisotopic (exact) mass is 263 g/mol. The van der Waals surface area contributed by atoms with E-state index in [1.807, 2.05) is 0 Å². The van der Waals surface area contributed by atoms with Crippen LogP contribution in [0.25, 0.3) is 0 Å². The summed E-state index contributed by atoms with van der Waals surface area (Å²) in [5.74, 6) is 0.877. The SMILES string of the molecule is COc1cc(NCc2cn[nH]c2N)cc([N+](=O)[O-])c1. The fourth-order valence-electron chi connectivity index (χ4n) is 1.57. The van der Waals surface area contributed by atoms with E-state index in [9.17, 15) is 10.1 Å². The van der Waals surface area contributed by atoms with Crippen molar-refractivity contribution in [3.8, 4) is 5.75 Å².